The van der Waals surface area contributed by atoms with Gasteiger partial charge in [-0.3, -0.25) is 0 Å². The van der Waals surface area contributed by atoms with Crippen molar-refractivity contribution in [3.8, 4) is 0 Å². The van der Waals surface area contributed by atoms with Crippen LogP contribution in [0.4, 0.5) is 13.2 Å². The van der Waals surface area contributed by atoms with E-state index >= 15 is 0 Å². The van der Waals surface area contributed by atoms with Crippen molar-refractivity contribution in [2.75, 3.05) is 13.1 Å². The molecular formula is C16H26F3NO. The Kier molecular flexibility index (Phi) is 4.51. The summed E-state index contributed by atoms with van der Waals surface area (Å²) in [6, 6.07) is 0. The van der Waals surface area contributed by atoms with E-state index in [9.17, 15) is 13.2 Å². The predicted octanol–water partition coefficient (Wildman–Crippen LogP) is 4.05. The highest BCUT2D eigenvalue weighted by molar-refractivity contribution is 4.95. The first kappa shape index (κ1) is 15.6. The van der Waals surface area contributed by atoms with Crippen LogP contribution in [0.3, 0.4) is 0 Å². The average molecular weight is 305 g/mol. The van der Waals surface area contributed by atoms with Crippen molar-refractivity contribution >= 4 is 0 Å². The van der Waals surface area contributed by atoms with Crippen molar-refractivity contribution in [1.82, 2.24) is 5.32 Å². The van der Waals surface area contributed by atoms with Gasteiger partial charge in [0.1, 0.15) is 0 Å². The lowest BCUT2D eigenvalue weighted by Gasteiger charge is -2.46. The number of ether oxygens (including phenoxy) is 1. The molecule has 122 valence electrons. The van der Waals surface area contributed by atoms with Crippen LogP contribution in [-0.4, -0.2) is 31.0 Å². The van der Waals surface area contributed by atoms with Gasteiger partial charge in [0.25, 0.3) is 0 Å². The maximum absolute atomic E-state index is 12.8. The second kappa shape index (κ2) is 6.07. The minimum absolute atomic E-state index is 0.198. The SMILES string of the molecule is FC(F)(F)C1CCC2(CC1)CNCC(CC1CCCC1)O2. The molecule has 0 aromatic rings. The van der Waals surface area contributed by atoms with Gasteiger partial charge in [-0.25, -0.2) is 0 Å². The van der Waals surface area contributed by atoms with Crippen LogP contribution in [0.1, 0.15) is 57.8 Å². The summed E-state index contributed by atoms with van der Waals surface area (Å²) in [6.07, 6.45) is 4.02. The van der Waals surface area contributed by atoms with E-state index in [1.165, 1.54) is 25.7 Å². The Morgan fingerprint density at radius 2 is 1.71 bits per heavy atom. The molecule has 2 aliphatic carbocycles. The summed E-state index contributed by atoms with van der Waals surface area (Å²) in [7, 11) is 0. The van der Waals surface area contributed by atoms with Gasteiger partial charge in [0, 0.05) is 13.1 Å². The summed E-state index contributed by atoms with van der Waals surface area (Å²) in [5.41, 5.74) is -0.330. The fourth-order valence-corrected chi connectivity index (χ4v) is 4.41. The summed E-state index contributed by atoms with van der Waals surface area (Å²) < 4.78 is 44.7. The number of hydrogen-bond acceptors (Lipinski definition) is 2. The van der Waals surface area contributed by atoms with E-state index in [-0.39, 0.29) is 24.5 Å². The highest BCUT2D eigenvalue weighted by Gasteiger charge is 2.48. The molecule has 0 radical (unpaired) electrons. The maximum Gasteiger partial charge on any atom is 0.391 e. The standard InChI is InChI=1S/C16H26F3NO/c17-16(18,19)13-5-7-15(8-6-13)11-20-10-14(21-15)9-12-3-1-2-4-12/h12-14,20H,1-11H2. The molecule has 1 heterocycles. The van der Waals surface area contributed by atoms with Gasteiger partial charge in [-0.2, -0.15) is 13.2 Å². The predicted molar refractivity (Wildman–Crippen MR) is 75.1 cm³/mol. The molecule has 2 nitrogen and oxygen atoms in total. The van der Waals surface area contributed by atoms with Crippen molar-refractivity contribution in [3.63, 3.8) is 0 Å². The molecule has 1 atom stereocenters. The first-order valence-corrected chi connectivity index (χ1v) is 8.42. The van der Waals surface area contributed by atoms with E-state index in [2.05, 4.69) is 5.32 Å². The molecular weight excluding hydrogens is 279 g/mol. The van der Waals surface area contributed by atoms with Gasteiger partial charge < -0.3 is 10.1 Å². The summed E-state index contributed by atoms with van der Waals surface area (Å²) >= 11 is 0. The zero-order valence-corrected chi connectivity index (χ0v) is 12.6. The molecule has 1 saturated heterocycles. The summed E-state index contributed by atoms with van der Waals surface area (Å²) in [6.45, 7) is 1.58. The Balaban J connectivity index is 1.53. The molecule has 3 aliphatic rings. The molecule has 21 heavy (non-hydrogen) atoms. The molecule has 5 heteroatoms. The van der Waals surface area contributed by atoms with Gasteiger partial charge in [-0.05, 0) is 38.0 Å². The zero-order valence-electron chi connectivity index (χ0n) is 12.6. The maximum atomic E-state index is 12.8. The first-order chi connectivity index (χ1) is 9.97. The van der Waals surface area contributed by atoms with Crippen molar-refractivity contribution in [2.45, 2.75) is 75.7 Å². The number of rotatable bonds is 2. The molecule has 1 aliphatic heterocycles. The number of morpholine rings is 1. The van der Waals surface area contributed by atoms with Gasteiger partial charge >= 0.3 is 6.18 Å². The molecule has 1 N–H and O–H groups in total. The van der Waals surface area contributed by atoms with Crippen LogP contribution in [0.15, 0.2) is 0 Å². The Morgan fingerprint density at radius 1 is 1.05 bits per heavy atom. The van der Waals surface area contributed by atoms with E-state index < -0.39 is 12.1 Å². The molecule has 2 saturated carbocycles. The van der Waals surface area contributed by atoms with E-state index in [0.29, 0.717) is 12.8 Å². The summed E-state index contributed by atoms with van der Waals surface area (Å²) in [4.78, 5) is 0. The molecule has 0 aromatic carbocycles. The van der Waals surface area contributed by atoms with Crippen LogP contribution >= 0.6 is 0 Å². The van der Waals surface area contributed by atoms with Crippen molar-refractivity contribution in [1.29, 1.82) is 0 Å². The number of nitrogens with one attached hydrogen (secondary N) is 1. The summed E-state index contributed by atoms with van der Waals surface area (Å²) in [5.74, 6) is -0.361. The minimum atomic E-state index is -4.03. The molecule has 0 aromatic heterocycles. The molecule has 1 spiro atoms. The zero-order chi connectivity index (χ0) is 14.9. The lowest BCUT2D eigenvalue weighted by Crippen LogP contribution is -2.56. The normalized spacial score (nSPS) is 39.0. The third kappa shape index (κ3) is 3.73. The smallest absolute Gasteiger partial charge is 0.369 e. The second-order valence-electron chi connectivity index (χ2n) is 7.26. The van der Waals surface area contributed by atoms with Crippen LogP contribution in [0.5, 0.6) is 0 Å². The lowest BCUT2D eigenvalue weighted by molar-refractivity contribution is -0.206. The van der Waals surface area contributed by atoms with E-state index in [0.717, 1.165) is 25.4 Å². The van der Waals surface area contributed by atoms with Crippen LogP contribution in [0, 0.1) is 11.8 Å². The second-order valence-corrected chi connectivity index (χ2v) is 7.26. The van der Waals surface area contributed by atoms with E-state index in [1.54, 1.807) is 0 Å². The Labute approximate surface area is 124 Å². The van der Waals surface area contributed by atoms with Crippen molar-refractivity contribution in [2.24, 2.45) is 11.8 Å². The summed E-state index contributed by atoms with van der Waals surface area (Å²) in [5, 5.41) is 3.42. The van der Waals surface area contributed by atoms with Crippen molar-refractivity contribution in [3.05, 3.63) is 0 Å². The molecule has 0 amide bonds. The van der Waals surface area contributed by atoms with Gasteiger partial charge in [-0.1, -0.05) is 25.7 Å². The van der Waals surface area contributed by atoms with Gasteiger partial charge in [-0.15, -0.1) is 0 Å². The molecule has 3 fully saturated rings. The van der Waals surface area contributed by atoms with Crippen LogP contribution in [-0.2, 0) is 4.74 Å². The van der Waals surface area contributed by atoms with E-state index in [1.807, 2.05) is 0 Å². The average Bonchev–Trinajstić information content (AvgIpc) is 2.91. The topological polar surface area (TPSA) is 21.3 Å². The lowest BCUT2D eigenvalue weighted by atomic mass is 9.77. The van der Waals surface area contributed by atoms with Crippen LogP contribution < -0.4 is 5.32 Å². The van der Waals surface area contributed by atoms with Gasteiger partial charge in [0.05, 0.1) is 17.6 Å². The first-order valence-electron chi connectivity index (χ1n) is 8.42. The van der Waals surface area contributed by atoms with Gasteiger partial charge in [0.15, 0.2) is 0 Å². The van der Waals surface area contributed by atoms with E-state index in [4.69, 9.17) is 4.74 Å². The largest absolute Gasteiger partial charge is 0.391 e. The van der Waals surface area contributed by atoms with Crippen LogP contribution in [0.25, 0.3) is 0 Å². The third-order valence-electron chi connectivity index (χ3n) is 5.67. The molecule has 0 bridgehead atoms. The Morgan fingerprint density at radius 3 is 2.33 bits per heavy atom. The number of halogens is 3. The van der Waals surface area contributed by atoms with Crippen LogP contribution in [0.2, 0.25) is 0 Å². The van der Waals surface area contributed by atoms with Crippen molar-refractivity contribution < 1.29 is 17.9 Å². The molecule has 1 unspecified atom stereocenters. The third-order valence-corrected chi connectivity index (χ3v) is 5.67. The highest BCUT2D eigenvalue weighted by atomic mass is 19.4. The highest BCUT2D eigenvalue weighted by Crippen LogP contribution is 2.44. The number of hydrogen-bond donors (Lipinski definition) is 1. The molecule has 3 rings (SSSR count). The Bertz CT molecular complexity index is 344. The fraction of sp³-hybridized carbons (Fsp3) is 1.00. The van der Waals surface area contributed by atoms with Gasteiger partial charge in [0.2, 0.25) is 0 Å². The fourth-order valence-electron chi connectivity index (χ4n) is 4.41. The monoisotopic (exact) mass is 305 g/mol. The minimum Gasteiger partial charge on any atom is -0.369 e. The Hall–Kier alpha value is -0.290. The quantitative estimate of drug-likeness (QED) is 0.831. The number of alkyl halides is 3.